The van der Waals surface area contributed by atoms with E-state index in [1.54, 1.807) is 19.1 Å². The van der Waals surface area contributed by atoms with Gasteiger partial charge in [-0.25, -0.2) is 0 Å². The van der Waals surface area contributed by atoms with Crippen molar-refractivity contribution >= 4 is 34.5 Å². The molecule has 2 rings (SSSR count). The van der Waals surface area contributed by atoms with Gasteiger partial charge in [-0.3, -0.25) is 19.7 Å². The van der Waals surface area contributed by atoms with Crippen molar-refractivity contribution in [1.82, 2.24) is 5.32 Å². The van der Waals surface area contributed by atoms with Gasteiger partial charge < -0.3 is 5.32 Å². The Hall–Kier alpha value is -1.82. The van der Waals surface area contributed by atoms with Gasteiger partial charge in [0.1, 0.15) is 5.25 Å². The van der Waals surface area contributed by atoms with E-state index in [1.165, 1.54) is 0 Å². The highest BCUT2D eigenvalue weighted by Gasteiger charge is 2.38. The van der Waals surface area contributed by atoms with Gasteiger partial charge in [-0.15, -0.1) is 0 Å². The lowest BCUT2D eigenvalue weighted by molar-refractivity contribution is -0.125. The van der Waals surface area contributed by atoms with Crippen molar-refractivity contribution < 1.29 is 14.4 Å². The minimum absolute atomic E-state index is 0.272. The molecular formula is C13H14N2O3S. The largest absolute Gasteiger partial charge is 0.326 e. The molecule has 0 spiro atoms. The van der Waals surface area contributed by atoms with Crippen LogP contribution < -0.4 is 10.6 Å². The summed E-state index contributed by atoms with van der Waals surface area (Å²) >= 11 is 0.863. The summed E-state index contributed by atoms with van der Waals surface area (Å²) in [4.78, 5) is 34.6. The molecular weight excluding hydrogens is 264 g/mol. The summed E-state index contributed by atoms with van der Waals surface area (Å²) in [5.74, 6) is -1.24. The highest BCUT2D eigenvalue weighted by Crippen LogP contribution is 2.26. The molecule has 1 aromatic rings. The van der Waals surface area contributed by atoms with Crippen LogP contribution in [0.25, 0.3) is 0 Å². The Bertz CT molecular complexity index is 527. The first-order valence-electron chi connectivity index (χ1n) is 5.86. The Morgan fingerprint density at radius 2 is 1.95 bits per heavy atom. The Balaban J connectivity index is 2.01. The van der Waals surface area contributed by atoms with Gasteiger partial charge in [0.2, 0.25) is 11.8 Å². The second kappa shape index (κ2) is 5.44. The number of hydrogen-bond donors (Lipinski definition) is 2. The molecule has 1 saturated heterocycles. The third-order valence-corrected chi connectivity index (χ3v) is 4.10. The quantitative estimate of drug-likeness (QED) is 0.885. The first-order valence-corrected chi connectivity index (χ1v) is 6.74. The maximum absolute atomic E-state index is 12.0. The number of imide groups is 1. The molecule has 0 aromatic heterocycles. The smallest absolute Gasteiger partial charge is 0.286 e. The molecule has 2 unspecified atom stereocenters. The Labute approximate surface area is 115 Å². The van der Waals surface area contributed by atoms with E-state index in [0.717, 1.165) is 17.3 Å². The molecule has 19 heavy (non-hydrogen) atoms. The summed E-state index contributed by atoms with van der Waals surface area (Å²) in [6.07, 6.45) is 0. The Kier molecular flexibility index (Phi) is 3.90. The summed E-state index contributed by atoms with van der Waals surface area (Å²) in [5, 5.41) is 3.86. The molecule has 1 heterocycles. The van der Waals surface area contributed by atoms with Crippen molar-refractivity contribution in [3.8, 4) is 0 Å². The van der Waals surface area contributed by atoms with Crippen LogP contribution >= 0.6 is 11.8 Å². The second-order valence-electron chi connectivity index (χ2n) is 4.46. The fraction of sp³-hybridized carbons (Fsp3) is 0.308. The first-order chi connectivity index (χ1) is 8.97. The van der Waals surface area contributed by atoms with Gasteiger partial charge in [0.25, 0.3) is 5.24 Å². The van der Waals surface area contributed by atoms with Gasteiger partial charge in [0.15, 0.2) is 0 Å². The number of amides is 3. The molecule has 3 amide bonds. The van der Waals surface area contributed by atoms with Crippen LogP contribution in [0.4, 0.5) is 10.5 Å². The van der Waals surface area contributed by atoms with Crippen LogP contribution in [0.3, 0.4) is 0 Å². The molecule has 1 aromatic carbocycles. The van der Waals surface area contributed by atoms with Crippen LogP contribution in [0, 0.1) is 12.8 Å². The number of rotatable bonds is 3. The molecule has 0 aliphatic carbocycles. The van der Waals surface area contributed by atoms with Crippen LogP contribution in [0.15, 0.2) is 24.3 Å². The summed E-state index contributed by atoms with van der Waals surface area (Å²) in [6.45, 7) is 3.60. The van der Waals surface area contributed by atoms with Gasteiger partial charge in [0, 0.05) is 5.69 Å². The number of carbonyl (C=O) groups is 3. The third-order valence-electron chi connectivity index (χ3n) is 2.90. The third kappa shape index (κ3) is 3.14. The zero-order chi connectivity index (χ0) is 14.0. The van der Waals surface area contributed by atoms with E-state index >= 15 is 0 Å². The molecule has 6 heteroatoms. The van der Waals surface area contributed by atoms with E-state index < -0.39 is 22.3 Å². The van der Waals surface area contributed by atoms with E-state index in [4.69, 9.17) is 0 Å². The van der Waals surface area contributed by atoms with Crippen LogP contribution in [0.1, 0.15) is 12.5 Å². The minimum Gasteiger partial charge on any atom is -0.326 e. The molecule has 2 N–H and O–H groups in total. The number of nitrogens with one attached hydrogen (secondary N) is 2. The lowest BCUT2D eigenvalue weighted by atomic mass is 10.1. The zero-order valence-corrected chi connectivity index (χ0v) is 11.4. The number of hydrogen-bond acceptors (Lipinski definition) is 4. The summed E-state index contributed by atoms with van der Waals surface area (Å²) in [6, 6.07) is 7.38. The van der Waals surface area contributed by atoms with Gasteiger partial charge in [0.05, 0.1) is 5.92 Å². The van der Waals surface area contributed by atoms with Crippen LogP contribution in [0.5, 0.6) is 0 Å². The fourth-order valence-corrected chi connectivity index (χ4v) is 2.61. The summed E-state index contributed by atoms with van der Waals surface area (Å²) in [7, 11) is 0. The van der Waals surface area contributed by atoms with Gasteiger partial charge in [-0.05, 0) is 19.1 Å². The fourth-order valence-electron chi connectivity index (χ4n) is 1.73. The molecule has 1 aliphatic rings. The van der Waals surface area contributed by atoms with Gasteiger partial charge >= 0.3 is 0 Å². The van der Waals surface area contributed by atoms with Crippen LogP contribution in [-0.2, 0) is 9.59 Å². The molecule has 1 aliphatic heterocycles. The maximum Gasteiger partial charge on any atom is 0.286 e. The molecule has 0 bridgehead atoms. The standard InChI is InChI=1S/C13H14N2O3S/c1-7-3-5-9(6-4-7)14-11(16)8(2)10-12(17)15-13(18)19-10/h3-6,8,10H,1-2H3,(H,14,16)(H,15,17,18). The van der Waals surface area contributed by atoms with E-state index in [9.17, 15) is 14.4 Å². The molecule has 0 radical (unpaired) electrons. The lowest BCUT2D eigenvalue weighted by Gasteiger charge is -2.15. The number of thioether (sulfide) groups is 1. The molecule has 100 valence electrons. The van der Waals surface area contributed by atoms with E-state index in [-0.39, 0.29) is 5.91 Å². The number of benzene rings is 1. The normalized spacial score (nSPS) is 20.0. The van der Waals surface area contributed by atoms with Crippen LogP contribution in [-0.4, -0.2) is 22.3 Å². The summed E-state index contributed by atoms with van der Waals surface area (Å²) in [5.41, 5.74) is 1.78. The van der Waals surface area contributed by atoms with Crippen molar-refractivity contribution in [2.75, 3.05) is 5.32 Å². The molecule has 1 fully saturated rings. The monoisotopic (exact) mass is 278 g/mol. The highest BCUT2D eigenvalue weighted by atomic mass is 32.2. The first kappa shape index (κ1) is 13.6. The average molecular weight is 278 g/mol. The average Bonchev–Trinajstić information content (AvgIpc) is 2.70. The highest BCUT2D eigenvalue weighted by molar-refractivity contribution is 8.15. The number of anilines is 1. The number of carbonyl (C=O) groups excluding carboxylic acids is 3. The minimum atomic E-state index is -0.655. The molecule has 0 saturated carbocycles. The maximum atomic E-state index is 12.0. The van der Waals surface area contributed by atoms with E-state index in [2.05, 4.69) is 10.6 Å². The lowest BCUT2D eigenvalue weighted by Crippen LogP contribution is -2.35. The predicted molar refractivity (Wildman–Crippen MR) is 73.9 cm³/mol. The topological polar surface area (TPSA) is 75.3 Å². The van der Waals surface area contributed by atoms with Crippen molar-refractivity contribution in [3.05, 3.63) is 29.8 Å². The SMILES string of the molecule is Cc1ccc(NC(=O)C(C)C2SC(=O)NC2=O)cc1. The Morgan fingerprint density at radius 3 is 2.47 bits per heavy atom. The van der Waals surface area contributed by atoms with Crippen molar-refractivity contribution in [1.29, 1.82) is 0 Å². The van der Waals surface area contributed by atoms with Gasteiger partial charge in [-0.2, -0.15) is 0 Å². The zero-order valence-electron chi connectivity index (χ0n) is 10.6. The predicted octanol–water partition coefficient (Wildman–Crippen LogP) is 1.92. The van der Waals surface area contributed by atoms with Crippen molar-refractivity contribution in [3.63, 3.8) is 0 Å². The number of aryl methyl sites for hydroxylation is 1. The molecule has 5 nitrogen and oxygen atoms in total. The summed E-state index contributed by atoms with van der Waals surface area (Å²) < 4.78 is 0. The van der Waals surface area contributed by atoms with Crippen molar-refractivity contribution in [2.24, 2.45) is 5.92 Å². The van der Waals surface area contributed by atoms with E-state index in [0.29, 0.717) is 5.69 Å². The van der Waals surface area contributed by atoms with Gasteiger partial charge in [-0.1, -0.05) is 36.4 Å². The molecule has 2 atom stereocenters. The van der Waals surface area contributed by atoms with Crippen molar-refractivity contribution in [2.45, 2.75) is 19.1 Å². The van der Waals surface area contributed by atoms with E-state index in [1.807, 2.05) is 19.1 Å². The second-order valence-corrected chi connectivity index (χ2v) is 5.57. The Morgan fingerprint density at radius 1 is 1.32 bits per heavy atom. The van der Waals surface area contributed by atoms with Crippen LogP contribution in [0.2, 0.25) is 0 Å².